The zero-order valence-electron chi connectivity index (χ0n) is 9.48. The van der Waals surface area contributed by atoms with E-state index >= 15 is 0 Å². The molecule has 3 N–H and O–H groups in total. The summed E-state index contributed by atoms with van der Waals surface area (Å²) in [7, 11) is -3.16. The number of amides is 1. The summed E-state index contributed by atoms with van der Waals surface area (Å²) in [5.74, 6) is -0.417. The van der Waals surface area contributed by atoms with E-state index in [4.69, 9.17) is 5.73 Å². The van der Waals surface area contributed by atoms with Gasteiger partial charge in [-0.05, 0) is 6.08 Å². The smallest absolute Gasteiger partial charge is 0.242 e. The third-order valence-corrected chi connectivity index (χ3v) is 3.77. The average molecular weight is 271 g/mol. The van der Waals surface area contributed by atoms with Gasteiger partial charge in [0.2, 0.25) is 5.91 Å². The summed E-state index contributed by atoms with van der Waals surface area (Å²) in [6.45, 7) is 0.239. The zero-order chi connectivity index (χ0) is 13.2. The highest BCUT2D eigenvalue weighted by Crippen LogP contribution is 2.07. The van der Waals surface area contributed by atoms with Gasteiger partial charge in [0, 0.05) is 12.0 Å². The molecule has 1 aromatic rings. The third-order valence-electron chi connectivity index (χ3n) is 2.38. The molecule has 1 aliphatic rings. The van der Waals surface area contributed by atoms with Gasteiger partial charge >= 0.3 is 0 Å². The Labute approximate surface area is 104 Å². The monoisotopic (exact) mass is 271 g/mol. The molecule has 2 rings (SSSR count). The van der Waals surface area contributed by atoms with Crippen LogP contribution in [0.2, 0.25) is 0 Å². The molecule has 1 unspecified atom stereocenters. The Morgan fingerprint density at radius 3 is 2.94 bits per heavy atom. The molecular weight excluding hydrogens is 258 g/mol. The van der Waals surface area contributed by atoms with Crippen LogP contribution in [0.1, 0.15) is 5.69 Å². The van der Waals surface area contributed by atoms with Gasteiger partial charge in [0.25, 0.3) is 0 Å². The number of aromatic nitrogens is 3. The molecule has 0 fully saturated rings. The van der Waals surface area contributed by atoms with Crippen LogP contribution in [-0.4, -0.2) is 41.1 Å². The van der Waals surface area contributed by atoms with Crippen LogP contribution in [0.5, 0.6) is 0 Å². The van der Waals surface area contributed by atoms with Crippen LogP contribution in [-0.2, 0) is 27.7 Å². The van der Waals surface area contributed by atoms with Crippen molar-refractivity contribution in [1.29, 1.82) is 0 Å². The molecule has 98 valence electrons. The largest absolute Gasteiger partial charge is 0.347 e. The Bertz CT molecular complexity index is 577. The fourth-order valence-corrected chi connectivity index (χ4v) is 2.81. The lowest BCUT2D eigenvalue weighted by molar-refractivity contribution is -0.122. The minimum atomic E-state index is -3.16. The van der Waals surface area contributed by atoms with Crippen molar-refractivity contribution in [2.75, 3.05) is 5.75 Å². The molecule has 0 saturated carbocycles. The fraction of sp³-hybridized carbons (Fsp3) is 0.444. The quantitative estimate of drug-likeness (QED) is 0.664. The van der Waals surface area contributed by atoms with E-state index in [1.165, 1.54) is 10.8 Å². The van der Waals surface area contributed by atoms with Crippen molar-refractivity contribution in [3.8, 4) is 0 Å². The molecule has 8 nitrogen and oxygen atoms in total. The van der Waals surface area contributed by atoms with Crippen molar-refractivity contribution < 1.29 is 13.2 Å². The SMILES string of the molecule is NCc1cn(CC(=O)NC2C=CS(=O)(=O)C2)nn1. The molecule has 0 aromatic carbocycles. The molecule has 1 aromatic heterocycles. The minimum absolute atomic E-state index is 0.0165. The number of rotatable bonds is 4. The van der Waals surface area contributed by atoms with Gasteiger partial charge in [0.15, 0.2) is 9.84 Å². The third kappa shape index (κ3) is 3.14. The van der Waals surface area contributed by atoms with E-state index in [-0.39, 0.29) is 24.7 Å². The van der Waals surface area contributed by atoms with E-state index in [0.717, 1.165) is 5.41 Å². The van der Waals surface area contributed by atoms with Gasteiger partial charge in [-0.2, -0.15) is 0 Å². The predicted octanol–water partition coefficient (Wildman–Crippen LogP) is -1.84. The lowest BCUT2D eigenvalue weighted by atomic mass is 10.3. The summed E-state index contributed by atoms with van der Waals surface area (Å²) in [5, 5.41) is 11.2. The summed E-state index contributed by atoms with van der Waals surface area (Å²) >= 11 is 0. The number of hydrogen-bond donors (Lipinski definition) is 2. The molecule has 9 heteroatoms. The van der Waals surface area contributed by atoms with Gasteiger partial charge in [0.05, 0.1) is 23.7 Å². The van der Waals surface area contributed by atoms with E-state index < -0.39 is 15.9 Å². The summed E-state index contributed by atoms with van der Waals surface area (Å²) in [6.07, 6.45) is 3.03. The highest BCUT2D eigenvalue weighted by atomic mass is 32.2. The van der Waals surface area contributed by atoms with E-state index in [0.29, 0.717) is 5.69 Å². The Balaban J connectivity index is 1.88. The standard InChI is InChI=1S/C9H13N5O3S/c10-3-8-4-14(13-12-8)5-9(15)11-7-1-2-18(16,17)6-7/h1-2,4,7H,3,5-6,10H2,(H,11,15). The molecular formula is C9H13N5O3S. The lowest BCUT2D eigenvalue weighted by Crippen LogP contribution is -2.37. The van der Waals surface area contributed by atoms with Crippen molar-refractivity contribution in [2.45, 2.75) is 19.1 Å². The fourth-order valence-electron chi connectivity index (χ4n) is 1.57. The second-order valence-corrected chi connectivity index (χ2v) is 5.87. The number of sulfone groups is 1. The summed E-state index contributed by atoms with van der Waals surface area (Å²) in [5.41, 5.74) is 5.95. The highest BCUT2D eigenvalue weighted by molar-refractivity contribution is 7.94. The summed E-state index contributed by atoms with van der Waals surface area (Å²) in [4.78, 5) is 11.6. The van der Waals surface area contributed by atoms with E-state index in [1.54, 1.807) is 6.20 Å². The molecule has 0 bridgehead atoms. The van der Waals surface area contributed by atoms with Crippen LogP contribution in [0, 0.1) is 0 Å². The minimum Gasteiger partial charge on any atom is -0.347 e. The normalized spacial score (nSPS) is 21.1. The van der Waals surface area contributed by atoms with Crippen molar-refractivity contribution in [2.24, 2.45) is 5.73 Å². The van der Waals surface area contributed by atoms with Crippen LogP contribution < -0.4 is 11.1 Å². The molecule has 0 radical (unpaired) electrons. The Kier molecular flexibility index (Phi) is 3.43. The molecule has 0 saturated heterocycles. The maximum absolute atomic E-state index is 11.6. The first-order valence-corrected chi connectivity index (χ1v) is 6.99. The maximum Gasteiger partial charge on any atom is 0.242 e. The number of nitrogens with zero attached hydrogens (tertiary/aromatic N) is 3. The van der Waals surface area contributed by atoms with Gasteiger partial charge in [-0.3, -0.25) is 4.79 Å². The molecule has 1 amide bonds. The second-order valence-electron chi connectivity index (χ2n) is 3.94. The Hall–Kier alpha value is -1.74. The number of nitrogens with one attached hydrogen (secondary N) is 1. The van der Waals surface area contributed by atoms with Crippen molar-refractivity contribution in [3.63, 3.8) is 0 Å². The first-order chi connectivity index (χ1) is 8.48. The molecule has 2 heterocycles. The van der Waals surface area contributed by atoms with Crippen molar-refractivity contribution in [1.82, 2.24) is 20.3 Å². The Morgan fingerprint density at radius 1 is 1.61 bits per heavy atom. The first kappa shape index (κ1) is 12.7. The number of hydrogen-bond acceptors (Lipinski definition) is 6. The average Bonchev–Trinajstić information content (AvgIpc) is 2.85. The van der Waals surface area contributed by atoms with Gasteiger partial charge in [0.1, 0.15) is 6.54 Å². The van der Waals surface area contributed by atoms with Crippen molar-refractivity contribution >= 4 is 15.7 Å². The van der Waals surface area contributed by atoms with Crippen LogP contribution in [0.3, 0.4) is 0 Å². The van der Waals surface area contributed by atoms with E-state index in [9.17, 15) is 13.2 Å². The van der Waals surface area contributed by atoms with Crippen LogP contribution in [0.15, 0.2) is 17.7 Å². The van der Waals surface area contributed by atoms with Crippen LogP contribution >= 0.6 is 0 Å². The highest BCUT2D eigenvalue weighted by Gasteiger charge is 2.23. The zero-order valence-corrected chi connectivity index (χ0v) is 10.3. The molecule has 0 spiro atoms. The summed E-state index contributed by atoms with van der Waals surface area (Å²) in [6, 6.07) is -0.472. The van der Waals surface area contributed by atoms with Gasteiger partial charge < -0.3 is 11.1 Å². The summed E-state index contributed by atoms with van der Waals surface area (Å²) < 4.78 is 23.6. The van der Waals surface area contributed by atoms with Crippen LogP contribution in [0.25, 0.3) is 0 Å². The van der Waals surface area contributed by atoms with Crippen LogP contribution in [0.4, 0.5) is 0 Å². The molecule has 18 heavy (non-hydrogen) atoms. The lowest BCUT2D eigenvalue weighted by Gasteiger charge is -2.09. The van der Waals surface area contributed by atoms with Gasteiger partial charge in [-0.1, -0.05) is 5.21 Å². The first-order valence-electron chi connectivity index (χ1n) is 5.28. The van der Waals surface area contributed by atoms with Crippen molar-refractivity contribution in [3.05, 3.63) is 23.4 Å². The predicted molar refractivity (Wildman–Crippen MR) is 62.8 cm³/mol. The second kappa shape index (κ2) is 4.86. The topological polar surface area (TPSA) is 120 Å². The maximum atomic E-state index is 11.6. The molecule has 0 aliphatic carbocycles. The molecule has 1 aliphatic heterocycles. The number of carbonyl (C=O) groups excluding carboxylic acids is 1. The van der Waals surface area contributed by atoms with E-state index in [1.807, 2.05) is 0 Å². The Morgan fingerprint density at radius 2 is 2.39 bits per heavy atom. The molecule has 1 atom stereocenters. The van der Waals surface area contributed by atoms with E-state index in [2.05, 4.69) is 15.6 Å². The number of carbonyl (C=O) groups is 1. The van der Waals surface area contributed by atoms with Gasteiger partial charge in [-0.15, -0.1) is 5.10 Å². The van der Waals surface area contributed by atoms with Gasteiger partial charge in [-0.25, -0.2) is 13.1 Å². The number of nitrogens with two attached hydrogens (primary N) is 1.